The van der Waals surface area contributed by atoms with Crippen molar-refractivity contribution in [3.8, 4) is 5.75 Å². The van der Waals surface area contributed by atoms with Gasteiger partial charge in [-0.3, -0.25) is 9.59 Å². The van der Waals surface area contributed by atoms with Gasteiger partial charge in [0, 0.05) is 13.6 Å². The van der Waals surface area contributed by atoms with Crippen LogP contribution in [0.3, 0.4) is 0 Å². The molecule has 144 valence electrons. The smallest absolute Gasteiger partial charge is 0.241 e. The Morgan fingerprint density at radius 3 is 2.37 bits per heavy atom. The molecule has 7 heteroatoms. The Labute approximate surface area is 164 Å². The van der Waals surface area contributed by atoms with Crippen LogP contribution >= 0.6 is 11.8 Å². The van der Waals surface area contributed by atoms with E-state index < -0.39 is 6.04 Å². The van der Waals surface area contributed by atoms with Gasteiger partial charge < -0.3 is 15.3 Å². The van der Waals surface area contributed by atoms with E-state index in [1.807, 2.05) is 30.3 Å². The normalized spacial score (nSPS) is 11.6. The summed E-state index contributed by atoms with van der Waals surface area (Å²) in [5.41, 5.74) is 1.99. The van der Waals surface area contributed by atoms with Crippen LogP contribution in [0.15, 0.2) is 54.6 Å². The number of carbonyl (C=O) groups is 2. The molecule has 0 unspecified atom stereocenters. The zero-order chi connectivity index (χ0) is 19.6. The maximum absolute atomic E-state index is 12.5. The Bertz CT molecular complexity index is 738. The molecule has 0 spiro atoms. The first-order chi connectivity index (χ1) is 13.0. The minimum absolute atomic E-state index is 0.0434. The predicted octanol–water partition coefficient (Wildman–Crippen LogP) is 1.86. The van der Waals surface area contributed by atoms with Crippen molar-refractivity contribution >= 4 is 23.6 Å². The lowest BCUT2D eigenvalue weighted by atomic mass is 10.1. The van der Waals surface area contributed by atoms with E-state index in [0.717, 1.165) is 11.1 Å². The van der Waals surface area contributed by atoms with Crippen LogP contribution in [0.1, 0.15) is 11.1 Å². The quantitative estimate of drug-likeness (QED) is 0.572. The van der Waals surface area contributed by atoms with E-state index >= 15 is 0 Å². The minimum Gasteiger partial charge on any atom is -0.508 e. The van der Waals surface area contributed by atoms with Crippen molar-refractivity contribution in [3.63, 3.8) is 0 Å². The van der Waals surface area contributed by atoms with E-state index in [9.17, 15) is 14.7 Å². The molecule has 2 rings (SSSR count). The molecule has 0 fully saturated rings. The molecular weight excluding hydrogens is 366 g/mol. The molecule has 0 saturated heterocycles. The molecule has 0 radical (unpaired) electrons. The Kier molecular flexibility index (Phi) is 8.10. The molecule has 2 amide bonds. The average Bonchev–Trinajstić information content (AvgIpc) is 2.68. The van der Waals surface area contributed by atoms with Crippen LogP contribution in [0.2, 0.25) is 0 Å². The summed E-state index contributed by atoms with van der Waals surface area (Å²) in [6.45, 7) is 0.408. The highest BCUT2D eigenvalue weighted by atomic mass is 35.5. The summed E-state index contributed by atoms with van der Waals surface area (Å²) in [5, 5.41) is 12.0. The van der Waals surface area contributed by atoms with Crippen molar-refractivity contribution in [1.29, 1.82) is 0 Å². The Morgan fingerprint density at radius 1 is 1.07 bits per heavy atom. The van der Waals surface area contributed by atoms with Crippen molar-refractivity contribution in [1.82, 2.24) is 15.1 Å². The van der Waals surface area contributed by atoms with Crippen molar-refractivity contribution < 1.29 is 14.7 Å². The van der Waals surface area contributed by atoms with Gasteiger partial charge in [0.1, 0.15) is 11.8 Å². The average molecular weight is 390 g/mol. The van der Waals surface area contributed by atoms with E-state index in [1.54, 1.807) is 31.3 Å². The van der Waals surface area contributed by atoms with Gasteiger partial charge in [-0.15, -0.1) is 0 Å². The summed E-state index contributed by atoms with van der Waals surface area (Å²) >= 11 is 5.74. The minimum atomic E-state index is -0.608. The second-order valence-corrected chi connectivity index (χ2v) is 6.53. The molecule has 0 aliphatic carbocycles. The summed E-state index contributed by atoms with van der Waals surface area (Å²) in [4.78, 5) is 28.5. The van der Waals surface area contributed by atoms with Crippen LogP contribution in [0, 0.1) is 0 Å². The van der Waals surface area contributed by atoms with Crippen LogP contribution in [0.25, 0.3) is 0 Å². The number of nitrogens with one attached hydrogen (secondary N) is 2. The van der Waals surface area contributed by atoms with Gasteiger partial charge in [0.25, 0.3) is 0 Å². The number of hydrogen-bond donors (Lipinski definition) is 3. The third kappa shape index (κ3) is 6.92. The van der Waals surface area contributed by atoms with Crippen LogP contribution in [0.4, 0.5) is 0 Å². The number of rotatable bonds is 9. The summed E-state index contributed by atoms with van der Waals surface area (Å²) in [5.74, 6) is -0.277. The number of phenolic OH excluding ortho intramolecular Hbond substituents is 1. The number of likely N-dealkylation sites (N-methyl/N-ethyl adjacent to an activating group) is 1. The second kappa shape index (κ2) is 10.5. The van der Waals surface area contributed by atoms with Crippen molar-refractivity contribution in [3.05, 3.63) is 65.7 Å². The molecule has 0 aliphatic rings. The fraction of sp³-hybridized carbons (Fsp3) is 0.300. The van der Waals surface area contributed by atoms with Crippen molar-refractivity contribution in [2.45, 2.75) is 18.9 Å². The molecule has 0 aliphatic heterocycles. The summed E-state index contributed by atoms with van der Waals surface area (Å²) in [6, 6.07) is 15.8. The maximum Gasteiger partial charge on any atom is 0.241 e. The lowest BCUT2D eigenvalue weighted by molar-refractivity contribution is -0.136. The molecule has 2 aromatic carbocycles. The highest BCUT2D eigenvalue weighted by Crippen LogP contribution is 2.09. The Morgan fingerprint density at radius 2 is 1.74 bits per heavy atom. The van der Waals surface area contributed by atoms with E-state index in [2.05, 4.69) is 10.2 Å². The maximum atomic E-state index is 12.5. The summed E-state index contributed by atoms with van der Waals surface area (Å²) in [7, 11) is 1.58. The molecule has 0 saturated carbocycles. The molecule has 3 N–H and O–H groups in total. The summed E-state index contributed by atoms with van der Waals surface area (Å²) in [6.07, 6.45) is 1.08. The van der Waals surface area contributed by atoms with E-state index in [1.165, 1.54) is 4.90 Å². The number of amides is 2. The third-order valence-corrected chi connectivity index (χ3v) is 4.41. The second-order valence-electron chi connectivity index (χ2n) is 6.31. The first kappa shape index (κ1) is 20.7. The Balaban J connectivity index is 1.77. The van der Waals surface area contributed by atoms with Crippen LogP contribution in [-0.4, -0.2) is 48.0 Å². The number of halogens is 1. The van der Waals surface area contributed by atoms with Gasteiger partial charge in [-0.1, -0.05) is 42.5 Å². The van der Waals surface area contributed by atoms with Gasteiger partial charge in [0.05, 0.1) is 6.54 Å². The van der Waals surface area contributed by atoms with E-state index in [0.29, 0.717) is 19.4 Å². The molecule has 6 nitrogen and oxygen atoms in total. The number of benzene rings is 2. The van der Waals surface area contributed by atoms with Gasteiger partial charge in [-0.05, 0) is 47.9 Å². The lowest BCUT2D eigenvalue weighted by Gasteiger charge is -2.22. The number of hydrogen-bond acceptors (Lipinski definition) is 4. The number of nitrogens with zero attached hydrogens (tertiary/aromatic N) is 1. The fourth-order valence-corrected chi connectivity index (χ4v) is 2.82. The summed E-state index contributed by atoms with van der Waals surface area (Å²) < 4.78 is 0. The molecule has 27 heavy (non-hydrogen) atoms. The van der Waals surface area contributed by atoms with Gasteiger partial charge in [-0.25, -0.2) is 4.84 Å². The lowest BCUT2D eigenvalue weighted by Crippen LogP contribution is -2.47. The largest absolute Gasteiger partial charge is 0.508 e. The third-order valence-electron chi connectivity index (χ3n) is 4.14. The molecular formula is C20H24ClN3O3. The molecule has 0 bridgehead atoms. The molecule has 0 heterocycles. The Hall–Kier alpha value is -2.57. The van der Waals surface area contributed by atoms with Crippen LogP contribution in [-0.2, 0) is 22.4 Å². The van der Waals surface area contributed by atoms with Crippen LogP contribution < -0.4 is 10.2 Å². The fourth-order valence-electron chi connectivity index (χ4n) is 2.65. The molecule has 2 aromatic rings. The van der Waals surface area contributed by atoms with Gasteiger partial charge >= 0.3 is 0 Å². The highest BCUT2D eigenvalue weighted by molar-refractivity contribution is 6.15. The first-order valence-electron chi connectivity index (χ1n) is 8.69. The first-order valence-corrected chi connectivity index (χ1v) is 9.07. The van der Waals surface area contributed by atoms with Crippen molar-refractivity contribution in [2.24, 2.45) is 0 Å². The molecule has 0 aromatic heterocycles. The van der Waals surface area contributed by atoms with E-state index in [-0.39, 0.29) is 24.1 Å². The standard InChI is InChI=1S/C20H24ClN3O3/c1-24(20(27)18(23-21)13-16-5-3-2-4-6-16)14-19(26)22-12-11-15-7-9-17(25)10-8-15/h2-10,18,23,25H,11-14H2,1H3,(H,22,26)/t18-/m0/s1. The zero-order valence-electron chi connectivity index (χ0n) is 15.2. The highest BCUT2D eigenvalue weighted by Gasteiger charge is 2.23. The topological polar surface area (TPSA) is 81.7 Å². The van der Waals surface area contributed by atoms with Gasteiger partial charge in [-0.2, -0.15) is 0 Å². The SMILES string of the molecule is CN(CC(=O)NCCc1ccc(O)cc1)C(=O)[C@H](Cc1ccccc1)NCl. The monoisotopic (exact) mass is 389 g/mol. The van der Waals surface area contributed by atoms with Crippen molar-refractivity contribution in [2.75, 3.05) is 20.1 Å². The predicted molar refractivity (Wildman–Crippen MR) is 105 cm³/mol. The van der Waals surface area contributed by atoms with Gasteiger partial charge in [0.15, 0.2) is 0 Å². The number of aromatic hydroxyl groups is 1. The number of phenols is 1. The number of carbonyl (C=O) groups excluding carboxylic acids is 2. The zero-order valence-corrected chi connectivity index (χ0v) is 15.9. The van der Waals surface area contributed by atoms with Gasteiger partial charge in [0.2, 0.25) is 11.8 Å². The van der Waals surface area contributed by atoms with E-state index in [4.69, 9.17) is 11.8 Å². The van der Waals surface area contributed by atoms with Crippen LogP contribution in [0.5, 0.6) is 5.75 Å². The molecule has 1 atom stereocenters.